The number of H-pyrrole nitrogens is 2. The zero-order chi connectivity index (χ0) is 56.3. The number of aromatic nitrogens is 2. The van der Waals surface area contributed by atoms with Gasteiger partial charge in [-0.2, -0.15) is 0 Å². The first-order chi connectivity index (χ1) is 42.5. The minimum absolute atomic E-state index is 0.233. The van der Waals surface area contributed by atoms with Crippen molar-refractivity contribution >= 4 is 143 Å². The van der Waals surface area contributed by atoms with Crippen molar-refractivity contribution in [2.45, 2.75) is 0 Å². The van der Waals surface area contributed by atoms with Crippen LogP contribution in [0.2, 0.25) is 0 Å². The normalized spacial score (nSPS) is 13.7. The molecule has 6 aliphatic heterocycles. The van der Waals surface area contributed by atoms with E-state index in [4.69, 9.17) is 28.4 Å². The van der Waals surface area contributed by atoms with Crippen molar-refractivity contribution in [1.29, 1.82) is 0 Å². The van der Waals surface area contributed by atoms with Gasteiger partial charge in [-0.15, -0.1) is 0 Å². The zero-order valence-electron chi connectivity index (χ0n) is 45.9. The van der Waals surface area contributed by atoms with Crippen molar-refractivity contribution in [2.24, 2.45) is 0 Å². The summed E-state index contributed by atoms with van der Waals surface area (Å²) in [5.41, 5.74) is 18.6. The van der Waals surface area contributed by atoms with Gasteiger partial charge in [0, 0.05) is 116 Å². The van der Waals surface area contributed by atoms with E-state index in [1.807, 2.05) is 109 Å². The van der Waals surface area contributed by atoms with E-state index in [1.54, 1.807) is 11.9 Å². The first kappa shape index (κ1) is 47.7. The molecule has 15 heteroatoms. The molecule has 0 unspecified atom stereocenters. The molecule has 19 rings (SSSR count). The minimum atomic E-state index is -0.338. The summed E-state index contributed by atoms with van der Waals surface area (Å²) in [4.78, 5) is 10.3. The summed E-state index contributed by atoms with van der Waals surface area (Å²) in [6.07, 6.45) is 2.11. The Labute approximate surface area is 499 Å². The third-order valence-electron chi connectivity index (χ3n) is 17.7. The predicted molar refractivity (Wildman–Crippen MR) is 350 cm³/mol. The molecule has 0 aliphatic carbocycles. The van der Waals surface area contributed by atoms with Crippen LogP contribution in [0.4, 0.5) is 39.8 Å². The lowest BCUT2D eigenvalue weighted by Gasteiger charge is -2.41. The first-order valence-corrected chi connectivity index (χ1v) is 30.0. The van der Waals surface area contributed by atoms with Crippen molar-refractivity contribution < 1.29 is 28.4 Å². The third kappa shape index (κ3) is 7.03. The van der Waals surface area contributed by atoms with Gasteiger partial charge in [0.15, 0.2) is 0 Å². The second kappa shape index (κ2) is 18.1. The highest BCUT2D eigenvalue weighted by Crippen LogP contribution is 2.49. The Kier molecular flexibility index (Phi) is 10.1. The van der Waals surface area contributed by atoms with Crippen LogP contribution in [0.25, 0.3) is 21.8 Å². The van der Waals surface area contributed by atoms with E-state index in [9.17, 15) is 0 Å². The number of nitrogens with zero attached hydrogens (tertiary/aromatic N) is 2. The van der Waals surface area contributed by atoms with Crippen molar-refractivity contribution in [1.82, 2.24) is 9.97 Å². The van der Waals surface area contributed by atoms with Gasteiger partial charge >= 0.3 is 0 Å². The summed E-state index contributed by atoms with van der Waals surface area (Å²) in [6, 6.07) is 79.2. The molecule has 86 heavy (non-hydrogen) atoms. The van der Waals surface area contributed by atoms with Gasteiger partial charge in [0.25, 0.3) is 20.1 Å². The van der Waals surface area contributed by atoms with E-state index < -0.39 is 0 Å². The molecular formula is C71H44B3N5O6S. The summed E-state index contributed by atoms with van der Waals surface area (Å²) in [6.45, 7) is -0.820. The molecule has 0 radical (unpaired) electrons. The maximum absolute atomic E-state index is 7.32. The summed E-state index contributed by atoms with van der Waals surface area (Å²) < 4.78 is 44.0. The van der Waals surface area contributed by atoms with Gasteiger partial charge < -0.3 is 48.6 Å². The molecule has 0 bridgehead atoms. The predicted octanol–water partition coefficient (Wildman–Crippen LogP) is 12.5. The summed E-state index contributed by atoms with van der Waals surface area (Å²) in [5.74, 6) is 8.53. The summed E-state index contributed by atoms with van der Waals surface area (Å²) >= 11 is 1.64. The quantitative estimate of drug-likeness (QED) is 0.101. The molecule has 8 heterocycles. The number of fused-ring (bicyclic) bond motifs is 16. The van der Waals surface area contributed by atoms with E-state index in [2.05, 4.69) is 152 Å². The molecule has 0 saturated carbocycles. The number of hydrogen-bond acceptors (Lipinski definition) is 10. The maximum Gasteiger partial charge on any atom is 0.276 e. The number of para-hydroxylation sites is 6. The Morgan fingerprint density at radius 2 is 0.907 bits per heavy atom. The van der Waals surface area contributed by atoms with Crippen LogP contribution in [0.5, 0.6) is 69.0 Å². The van der Waals surface area contributed by atoms with E-state index in [1.165, 1.54) is 0 Å². The molecule has 3 N–H and O–H groups in total. The van der Waals surface area contributed by atoms with Crippen LogP contribution in [0.3, 0.4) is 0 Å². The average Bonchev–Trinajstić information content (AvgIpc) is 2.00. The van der Waals surface area contributed by atoms with Gasteiger partial charge in [-0.05, 0) is 111 Å². The van der Waals surface area contributed by atoms with Crippen LogP contribution in [-0.4, -0.2) is 36.4 Å². The van der Waals surface area contributed by atoms with Crippen molar-refractivity contribution in [2.75, 3.05) is 20.8 Å². The maximum atomic E-state index is 7.32. The van der Waals surface area contributed by atoms with Gasteiger partial charge in [-0.1, -0.05) is 115 Å². The van der Waals surface area contributed by atoms with Crippen LogP contribution in [0.15, 0.2) is 231 Å². The molecule has 11 nitrogen and oxygen atoms in total. The molecule has 0 amide bonds. The highest BCUT2D eigenvalue weighted by Gasteiger charge is 2.50. The van der Waals surface area contributed by atoms with Crippen LogP contribution < -0.4 is 92.4 Å². The molecule has 0 atom stereocenters. The van der Waals surface area contributed by atoms with E-state index in [0.717, 1.165) is 146 Å². The summed E-state index contributed by atoms with van der Waals surface area (Å²) in [7, 11) is 0. The van der Waals surface area contributed by atoms with Gasteiger partial charge in [-0.3, -0.25) is 4.31 Å². The number of hydrogen-bond donors (Lipinski definition) is 3. The highest BCUT2D eigenvalue weighted by atomic mass is 32.2. The number of nitrogens with one attached hydrogen (secondary N) is 3. The smallest absolute Gasteiger partial charge is 0.276 e. The van der Waals surface area contributed by atoms with Crippen molar-refractivity contribution in [3.05, 3.63) is 231 Å². The number of benzene rings is 11. The van der Waals surface area contributed by atoms with Crippen LogP contribution in [0, 0.1) is 0 Å². The molecule has 0 saturated heterocycles. The SMILES string of the molecule is CSN1c2cc3c(cc2B2c4[nH]c5ccccc5c4Oc4cc(Oc5ccccc5)cc1c42)B1c2cc4c(cc2Oc2cc(Oc5ccccc5)cc(c21)O3)Nc1cc(Oc2ccccc2)cc2c1B4c1[nH]c3ccccc3c1N2c1ccccc1. The van der Waals surface area contributed by atoms with Gasteiger partial charge in [0.05, 0.1) is 17.1 Å². The van der Waals surface area contributed by atoms with E-state index in [0.29, 0.717) is 34.5 Å². The molecular weight excluding hydrogens is 1080 g/mol. The fraction of sp³-hybridized carbons (Fsp3) is 0.0141. The van der Waals surface area contributed by atoms with Crippen molar-refractivity contribution in [3.63, 3.8) is 0 Å². The van der Waals surface area contributed by atoms with Crippen LogP contribution in [-0.2, 0) is 0 Å². The largest absolute Gasteiger partial charge is 0.458 e. The Bertz CT molecular complexity index is 5030. The molecule has 2 aromatic heterocycles. The van der Waals surface area contributed by atoms with Gasteiger partial charge in [-0.25, -0.2) is 0 Å². The van der Waals surface area contributed by atoms with Gasteiger partial charge in [0.1, 0.15) is 69.0 Å². The fourth-order valence-corrected chi connectivity index (χ4v) is 14.9. The topological polar surface area (TPSA) is 105 Å². The lowest BCUT2D eigenvalue weighted by atomic mass is 9.30. The van der Waals surface area contributed by atoms with Gasteiger partial charge in [0.2, 0.25) is 0 Å². The third-order valence-corrected chi connectivity index (χ3v) is 18.4. The monoisotopic (exact) mass is 1130 g/mol. The molecule has 13 aromatic rings. The Morgan fingerprint density at radius 1 is 0.384 bits per heavy atom. The Hall–Kier alpha value is -10.8. The van der Waals surface area contributed by atoms with E-state index >= 15 is 0 Å². The van der Waals surface area contributed by atoms with Crippen molar-refractivity contribution in [3.8, 4) is 69.0 Å². The molecule has 11 aromatic carbocycles. The zero-order valence-corrected chi connectivity index (χ0v) is 46.7. The van der Waals surface area contributed by atoms with Crippen LogP contribution in [0.1, 0.15) is 0 Å². The molecule has 0 spiro atoms. The van der Waals surface area contributed by atoms with Crippen LogP contribution >= 0.6 is 11.9 Å². The number of anilines is 7. The summed E-state index contributed by atoms with van der Waals surface area (Å²) in [5, 5.41) is 6.12. The Balaban J connectivity index is 0.838. The number of rotatable bonds is 8. The lowest BCUT2D eigenvalue weighted by Crippen LogP contribution is -2.64. The highest BCUT2D eigenvalue weighted by molar-refractivity contribution is 8.00. The fourth-order valence-electron chi connectivity index (χ4n) is 14.2. The molecule has 6 aliphatic rings. The Morgan fingerprint density at radius 3 is 1.57 bits per heavy atom. The number of aromatic amines is 2. The first-order valence-electron chi connectivity index (χ1n) is 28.8. The lowest BCUT2D eigenvalue weighted by molar-refractivity contribution is 0.443. The minimum Gasteiger partial charge on any atom is -0.458 e. The standard InChI is InChI=1S/C71H44B3N5O6S/c1-86-79-57-39-61-52(37-50(57)74-66-59(79)32-45(81-42-22-10-4-11-23-42)33-62(66)85-69-48-27-15-17-29-54(48)77-71(69)74)72-51-36-49-55(38-60(51)83-63-34-46(35-64(84-61)67(63)72)82-43-24-12-5-13-25-43)75-56-30-44(80-41-20-8-3-9-21-41)31-58-65(56)73(49)70-68(47-26-14-16-28-53(47)76-70)78(58)40-18-6-2-7-19-40/h2-39,75-77H,1H3. The molecule has 0 fully saturated rings. The molecule has 404 valence electrons. The van der Waals surface area contributed by atoms with E-state index in [-0.39, 0.29) is 20.1 Å². The number of ether oxygens (including phenoxy) is 6. The average molecular weight is 1130 g/mol. The second-order valence-corrected chi connectivity index (χ2v) is 23.2. The second-order valence-electron chi connectivity index (χ2n) is 22.5.